The van der Waals surface area contributed by atoms with Crippen LogP contribution in [0.2, 0.25) is 0 Å². The summed E-state index contributed by atoms with van der Waals surface area (Å²) in [6.07, 6.45) is 0. The molecule has 0 aliphatic carbocycles. The molecule has 0 saturated heterocycles. The summed E-state index contributed by atoms with van der Waals surface area (Å²) in [4.78, 5) is 4.71. The molecule has 0 amide bonds. The van der Waals surface area contributed by atoms with E-state index < -0.39 is 0 Å². The largest absolute Gasteiger partial charge is 0.456 e. The zero-order chi connectivity index (χ0) is 48.0. The highest BCUT2D eigenvalue weighted by Crippen LogP contribution is 2.49. The monoisotopic (exact) mass is 934 g/mol. The fraction of sp³-hybridized carbons (Fsp3) is 0. The van der Waals surface area contributed by atoms with Crippen LogP contribution in [0.15, 0.2) is 268 Å². The van der Waals surface area contributed by atoms with E-state index in [1.54, 1.807) is 0 Å². The fourth-order valence-electron chi connectivity index (χ4n) is 11.4. The summed E-state index contributed by atoms with van der Waals surface area (Å²) in [7, 11) is 0. The molecule has 73 heavy (non-hydrogen) atoms. The Kier molecular flexibility index (Phi) is 9.19. The van der Waals surface area contributed by atoms with Gasteiger partial charge in [0.05, 0.1) is 22.7 Å². The van der Waals surface area contributed by atoms with Gasteiger partial charge in [0.15, 0.2) is 11.2 Å². The SMILES string of the molecule is c1ccc(-c2ccccc2N(c2ccc3c(ccc4oc5ccc6cc(N(c7ccccc7-c7ccccc7)c7cccc8c7oc7ccccc78)ccc6c5c43)c2)c2cccc3c2oc2ccccc23)cc1. The minimum absolute atomic E-state index is 0.838. The third-order valence-electron chi connectivity index (χ3n) is 14.6. The first-order chi connectivity index (χ1) is 36.2. The molecule has 12 aromatic carbocycles. The van der Waals surface area contributed by atoms with Gasteiger partial charge in [-0.25, -0.2) is 0 Å². The van der Waals surface area contributed by atoms with Crippen molar-refractivity contribution in [1.82, 2.24) is 0 Å². The summed E-state index contributed by atoms with van der Waals surface area (Å²) in [6.45, 7) is 0. The molecule has 5 nitrogen and oxygen atoms in total. The Morgan fingerprint density at radius 2 is 0.644 bits per heavy atom. The van der Waals surface area contributed by atoms with Gasteiger partial charge in [-0.15, -0.1) is 0 Å². The van der Waals surface area contributed by atoms with Crippen LogP contribution >= 0.6 is 0 Å². The van der Waals surface area contributed by atoms with Gasteiger partial charge in [0.1, 0.15) is 22.3 Å². The predicted molar refractivity (Wildman–Crippen MR) is 304 cm³/mol. The van der Waals surface area contributed by atoms with Crippen LogP contribution in [-0.2, 0) is 0 Å². The molecule has 0 atom stereocenters. The van der Waals surface area contributed by atoms with Crippen molar-refractivity contribution < 1.29 is 13.3 Å². The summed E-state index contributed by atoms with van der Waals surface area (Å²) in [5.74, 6) is 0. The van der Waals surface area contributed by atoms with Gasteiger partial charge in [0, 0.05) is 54.8 Å². The number of anilines is 6. The molecule has 0 aliphatic rings. The second-order valence-corrected chi connectivity index (χ2v) is 18.7. The van der Waals surface area contributed by atoms with E-state index in [4.69, 9.17) is 13.3 Å². The minimum Gasteiger partial charge on any atom is -0.456 e. The number of nitrogens with zero attached hydrogens (tertiary/aromatic N) is 2. The molecule has 0 radical (unpaired) electrons. The highest BCUT2D eigenvalue weighted by Gasteiger charge is 2.25. The molecule has 0 fully saturated rings. The Balaban J connectivity index is 0.924. The number of hydrogen-bond acceptors (Lipinski definition) is 5. The summed E-state index contributed by atoms with van der Waals surface area (Å²) in [5.41, 5.74) is 15.7. The molecule has 0 aliphatic heterocycles. The van der Waals surface area contributed by atoms with Gasteiger partial charge in [-0.1, -0.05) is 182 Å². The molecule has 3 aromatic heterocycles. The van der Waals surface area contributed by atoms with Gasteiger partial charge >= 0.3 is 0 Å². The second-order valence-electron chi connectivity index (χ2n) is 18.7. The summed E-state index contributed by atoms with van der Waals surface area (Å²) < 4.78 is 20.2. The number of rotatable bonds is 8. The average Bonchev–Trinajstić information content (AvgIpc) is 4.17. The van der Waals surface area contributed by atoms with Crippen LogP contribution in [0.25, 0.3) is 110 Å². The Labute approximate surface area is 419 Å². The summed E-state index contributed by atoms with van der Waals surface area (Å²) >= 11 is 0. The van der Waals surface area contributed by atoms with Crippen molar-refractivity contribution >= 4 is 121 Å². The lowest BCUT2D eigenvalue weighted by Crippen LogP contribution is -2.11. The zero-order valence-electron chi connectivity index (χ0n) is 39.4. The van der Waals surface area contributed by atoms with Crippen LogP contribution in [0.1, 0.15) is 0 Å². The van der Waals surface area contributed by atoms with Crippen LogP contribution in [-0.4, -0.2) is 0 Å². The van der Waals surface area contributed by atoms with Crippen LogP contribution in [0, 0.1) is 0 Å². The molecular weight excluding hydrogens is 893 g/mol. The molecule has 15 rings (SSSR count). The molecule has 0 N–H and O–H groups in total. The van der Waals surface area contributed by atoms with Gasteiger partial charge in [0.2, 0.25) is 0 Å². The molecular formula is C68H42N2O3. The van der Waals surface area contributed by atoms with Crippen molar-refractivity contribution in [3.63, 3.8) is 0 Å². The molecule has 0 unspecified atom stereocenters. The molecule has 0 saturated carbocycles. The lowest BCUT2D eigenvalue weighted by atomic mass is 9.97. The Hall–Kier alpha value is -9.84. The normalized spacial score (nSPS) is 11.8. The third-order valence-corrected chi connectivity index (χ3v) is 14.6. The van der Waals surface area contributed by atoms with E-state index in [9.17, 15) is 0 Å². The van der Waals surface area contributed by atoms with Crippen molar-refractivity contribution in [1.29, 1.82) is 0 Å². The van der Waals surface area contributed by atoms with Crippen molar-refractivity contribution in [3.8, 4) is 22.3 Å². The smallest absolute Gasteiger partial charge is 0.159 e. The highest BCUT2D eigenvalue weighted by molar-refractivity contribution is 6.27. The second kappa shape index (κ2) is 16.4. The summed E-state index contributed by atoms with van der Waals surface area (Å²) in [6, 6.07) is 90.3. The Morgan fingerprint density at radius 3 is 1.12 bits per heavy atom. The van der Waals surface area contributed by atoms with Gasteiger partial charge in [0.25, 0.3) is 0 Å². The average molecular weight is 935 g/mol. The van der Waals surface area contributed by atoms with Gasteiger partial charge in [-0.3, -0.25) is 0 Å². The lowest BCUT2D eigenvalue weighted by molar-refractivity contribution is 0.668. The van der Waals surface area contributed by atoms with E-state index in [-0.39, 0.29) is 0 Å². The van der Waals surface area contributed by atoms with Gasteiger partial charge < -0.3 is 23.1 Å². The number of hydrogen-bond donors (Lipinski definition) is 0. The van der Waals surface area contributed by atoms with Gasteiger partial charge in [-0.2, -0.15) is 0 Å². The minimum atomic E-state index is 0.838. The number of benzene rings is 12. The van der Waals surface area contributed by atoms with Crippen molar-refractivity contribution in [2.75, 3.05) is 9.80 Å². The zero-order valence-corrected chi connectivity index (χ0v) is 39.4. The molecule has 0 bridgehead atoms. The standard InChI is InChI=1S/C68H42N2O3/c1-3-17-43(18-4-1)49-21-7-11-27-57(49)69(59-29-15-25-55-53-23-9-13-31-61(53)72-67(55)59)47-35-37-51-45(41-47)33-39-63-65(51)66-52-38-36-48(42-46(52)34-40-64(66)71-63)70(58-28-12-8-22-50(58)44-19-5-2-6-20-44)60-30-16-26-56-54-24-10-14-32-62(54)73-68(56)60/h1-42H. The lowest BCUT2D eigenvalue weighted by Gasteiger charge is -2.28. The third kappa shape index (κ3) is 6.49. The molecule has 15 aromatic rings. The fourth-order valence-corrected chi connectivity index (χ4v) is 11.4. The van der Waals surface area contributed by atoms with E-state index in [1.165, 1.54) is 0 Å². The topological polar surface area (TPSA) is 45.9 Å². The molecule has 0 spiro atoms. The van der Waals surface area contributed by atoms with E-state index >= 15 is 0 Å². The van der Waals surface area contributed by atoms with Crippen molar-refractivity contribution in [2.24, 2.45) is 0 Å². The van der Waals surface area contributed by atoms with Crippen LogP contribution in [0.3, 0.4) is 0 Å². The maximum atomic E-state index is 6.75. The van der Waals surface area contributed by atoms with E-state index in [1.807, 2.05) is 24.3 Å². The summed E-state index contributed by atoms with van der Waals surface area (Å²) in [5, 5.41) is 10.9. The number of para-hydroxylation sites is 6. The molecule has 5 heteroatoms. The molecule has 342 valence electrons. The van der Waals surface area contributed by atoms with E-state index in [0.29, 0.717) is 0 Å². The maximum Gasteiger partial charge on any atom is 0.159 e. The highest BCUT2D eigenvalue weighted by atomic mass is 16.3. The van der Waals surface area contributed by atoms with Crippen molar-refractivity contribution in [3.05, 3.63) is 255 Å². The first-order valence-electron chi connectivity index (χ1n) is 24.7. The first kappa shape index (κ1) is 41.0. The number of fused-ring (bicyclic) bond motifs is 13. The van der Waals surface area contributed by atoms with Crippen LogP contribution in [0.5, 0.6) is 0 Å². The van der Waals surface area contributed by atoms with Crippen molar-refractivity contribution in [2.45, 2.75) is 0 Å². The Morgan fingerprint density at radius 1 is 0.247 bits per heavy atom. The van der Waals surface area contributed by atoms with Crippen LogP contribution in [0.4, 0.5) is 34.1 Å². The van der Waals surface area contributed by atoms with E-state index in [2.05, 4.69) is 240 Å². The Bertz CT molecular complexity index is 4350. The quantitative estimate of drug-likeness (QED) is 0.152. The maximum absolute atomic E-state index is 6.75. The van der Waals surface area contributed by atoms with Gasteiger partial charge in [-0.05, 0) is 105 Å². The predicted octanol–water partition coefficient (Wildman–Crippen LogP) is 20.0. The van der Waals surface area contributed by atoms with E-state index in [0.717, 1.165) is 144 Å². The van der Waals surface area contributed by atoms with Crippen LogP contribution < -0.4 is 9.80 Å². The molecule has 3 heterocycles. The first-order valence-corrected chi connectivity index (χ1v) is 24.7. The number of furan rings is 3.